The van der Waals surface area contributed by atoms with Gasteiger partial charge in [-0.15, -0.1) is 0 Å². The van der Waals surface area contributed by atoms with Crippen LogP contribution in [-0.4, -0.2) is 41.5 Å². The molecule has 1 aromatic carbocycles. The lowest BCUT2D eigenvalue weighted by molar-refractivity contribution is -0.126. The van der Waals surface area contributed by atoms with Crippen molar-refractivity contribution in [3.8, 4) is 11.3 Å². The first kappa shape index (κ1) is 18.1. The summed E-state index contributed by atoms with van der Waals surface area (Å²) < 4.78 is 19.0. The number of carbonyl (C=O) groups excluding carboxylic acids is 2. The summed E-state index contributed by atoms with van der Waals surface area (Å²) in [5.74, 6) is -0.757. The Bertz CT molecular complexity index is 790. The van der Waals surface area contributed by atoms with E-state index in [0.29, 0.717) is 19.6 Å². The lowest BCUT2D eigenvalue weighted by Crippen LogP contribution is -2.45. The lowest BCUT2D eigenvalue weighted by Gasteiger charge is -2.31. The summed E-state index contributed by atoms with van der Waals surface area (Å²) in [7, 11) is 0. The zero-order valence-electron chi connectivity index (χ0n) is 14.7. The fourth-order valence-corrected chi connectivity index (χ4v) is 3.09. The van der Waals surface area contributed by atoms with Crippen LogP contribution in [0.3, 0.4) is 0 Å². The Morgan fingerprint density at radius 1 is 1.38 bits per heavy atom. The Balaban J connectivity index is 1.69. The highest BCUT2D eigenvalue weighted by molar-refractivity contribution is 5.93. The SMILES string of the molecule is CCCNC(=O)C1CCCN(C(=O)c2cc(-c3ccccc3F)on2)C1. The highest BCUT2D eigenvalue weighted by Gasteiger charge is 2.30. The highest BCUT2D eigenvalue weighted by Crippen LogP contribution is 2.25. The van der Waals surface area contributed by atoms with Gasteiger partial charge in [0, 0.05) is 25.7 Å². The van der Waals surface area contributed by atoms with E-state index in [2.05, 4.69) is 10.5 Å². The van der Waals surface area contributed by atoms with Crippen LogP contribution < -0.4 is 5.32 Å². The summed E-state index contributed by atoms with van der Waals surface area (Å²) in [5.41, 5.74) is 0.382. The second kappa shape index (κ2) is 8.12. The van der Waals surface area contributed by atoms with E-state index in [4.69, 9.17) is 4.52 Å². The van der Waals surface area contributed by atoms with Crippen molar-refractivity contribution in [1.82, 2.24) is 15.4 Å². The molecule has 1 N–H and O–H groups in total. The Hall–Kier alpha value is -2.70. The zero-order chi connectivity index (χ0) is 18.5. The highest BCUT2D eigenvalue weighted by atomic mass is 19.1. The standard InChI is InChI=1S/C19H22FN3O3/c1-2-9-21-18(24)13-6-5-10-23(12-13)19(25)16-11-17(26-22-16)14-7-3-4-8-15(14)20/h3-4,7-8,11,13H,2,5-6,9-10,12H2,1H3,(H,21,24). The van der Waals surface area contributed by atoms with Gasteiger partial charge in [-0.1, -0.05) is 24.2 Å². The number of carbonyl (C=O) groups is 2. The Labute approximate surface area is 151 Å². The third kappa shape index (κ3) is 3.92. The summed E-state index contributed by atoms with van der Waals surface area (Å²) in [5, 5.41) is 6.68. The number of hydrogen-bond donors (Lipinski definition) is 1. The molecule has 3 rings (SSSR count). The number of hydrogen-bond acceptors (Lipinski definition) is 4. The Kier molecular flexibility index (Phi) is 5.65. The molecule has 1 saturated heterocycles. The van der Waals surface area contributed by atoms with Gasteiger partial charge in [0.1, 0.15) is 5.82 Å². The molecule has 1 fully saturated rings. The first-order valence-corrected chi connectivity index (χ1v) is 8.88. The normalized spacial score (nSPS) is 17.2. The fourth-order valence-electron chi connectivity index (χ4n) is 3.09. The van der Waals surface area contributed by atoms with Crippen molar-refractivity contribution in [2.24, 2.45) is 5.92 Å². The summed E-state index contributed by atoms with van der Waals surface area (Å²) in [4.78, 5) is 26.5. The van der Waals surface area contributed by atoms with Crippen molar-refractivity contribution in [3.05, 3.63) is 41.8 Å². The second-order valence-corrected chi connectivity index (χ2v) is 6.44. The third-order valence-corrected chi connectivity index (χ3v) is 4.50. The van der Waals surface area contributed by atoms with Crippen LogP contribution in [0.4, 0.5) is 4.39 Å². The summed E-state index contributed by atoms with van der Waals surface area (Å²) >= 11 is 0. The molecule has 1 aromatic heterocycles. The predicted molar refractivity (Wildman–Crippen MR) is 93.8 cm³/mol. The van der Waals surface area contributed by atoms with Gasteiger partial charge in [-0.05, 0) is 31.4 Å². The molecule has 2 heterocycles. The maximum Gasteiger partial charge on any atom is 0.276 e. The van der Waals surface area contributed by atoms with E-state index in [0.717, 1.165) is 19.3 Å². The fraction of sp³-hybridized carbons (Fsp3) is 0.421. The van der Waals surface area contributed by atoms with Crippen LogP contribution in [0.1, 0.15) is 36.7 Å². The number of halogens is 1. The molecular formula is C19H22FN3O3. The van der Waals surface area contributed by atoms with Crippen LogP contribution in [0.25, 0.3) is 11.3 Å². The number of aromatic nitrogens is 1. The second-order valence-electron chi connectivity index (χ2n) is 6.44. The molecule has 1 aliphatic rings. The van der Waals surface area contributed by atoms with Crippen molar-refractivity contribution >= 4 is 11.8 Å². The molecule has 1 unspecified atom stereocenters. The van der Waals surface area contributed by atoms with Crippen molar-refractivity contribution in [1.29, 1.82) is 0 Å². The van der Waals surface area contributed by atoms with Crippen LogP contribution in [0.5, 0.6) is 0 Å². The minimum Gasteiger partial charge on any atom is -0.356 e. The molecule has 0 bridgehead atoms. The van der Waals surface area contributed by atoms with Crippen LogP contribution in [0.2, 0.25) is 0 Å². The molecule has 0 saturated carbocycles. The molecule has 138 valence electrons. The summed E-state index contributed by atoms with van der Waals surface area (Å²) in [6.45, 7) is 3.56. The number of nitrogens with zero attached hydrogens (tertiary/aromatic N) is 2. The smallest absolute Gasteiger partial charge is 0.276 e. The number of piperidine rings is 1. The van der Waals surface area contributed by atoms with Gasteiger partial charge in [0.05, 0.1) is 11.5 Å². The van der Waals surface area contributed by atoms with E-state index in [-0.39, 0.29) is 34.7 Å². The van der Waals surface area contributed by atoms with Gasteiger partial charge in [-0.25, -0.2) is 4.39 Å². The van der Waals surface area contributed by atoms with E-state index in [1.165, 1.54) is 12.1 Å². The van der Waals surface area contributed by atoms with Gasteiger partial charge in [0.15, 0.2) is 11.5 Å². The van der Waals surface area contributed by atoms with Crippen LogP contribution >= 0.6 is 0 Å². The van der Waals surface area contributed by atoms with Gasteiger partial charge < -0.3 is 14.7 Å². The van der Waals surface area contributed by atoms with Gasteiger partial charge in [0.25, 0.3) is 5.91 Å². The summed E-state index contributed by atoms with van der Waals surface area (Å²) in [6, 6.07) is 7.61. The molecule has 2 aromatic rings. The van der Waals surface area contributed by atoms with Crippen LogP contribution in [-0.2, 0) is 4.79 Å². The van der Waals surface area contributed by atoms with E-state index >= 15 is 0 Å². The molecule has 7 heteroatoms. The molecule has 26 heavy (non-hydrogen) atoms. The minimum atomic E-state index is -0.437. The first-order chi connectivity index (χ1) is 12.6. The monoisotopic (exact) mass is 359 g/mol. The van der Waals surface area contributed by atoms with E-state index in [9.17, 15) is 14.0 Å². The average Bonchev–Trinajstić information content (AvgIpc) is 3.16. The number of nitrogens with one attached hydrogen (secondary N) is 1. The van der Waals surface area contributed by atoms with Gasteiger partial charge >= 0.3 is 0 Å². The van der Waals surface area contributed by atoms with E-state index in [1.807, 2.05) is 6.92 Å². The number of benzene rings is 1. The lowest BCUT2D eigenvalue weighted by atomic mass is 9.97. The Morgan fingerprint density at radius 2 is 2.19 bits per heavy atom. The van der Waals surface area contributed by atoms with Crippen molar-refractivity contribution in [2.75, 3.05) is 19.6 Å². The van der Waals surface area contributed by atoms with Crippen molar-refractivity contribution in [2.45, 2.75) is 26.2 Å². The molecule has 1 atom stereocenters. The average molecular weight is 359 g/mol. The van der Waals surface area contributed by atoms with Gasteiger partial charge in [-0.3, -0.25) is 9.59 Å². The maximum atomic E-state index is 13.9. The van der Waals surface area contributed by atoms with Gasteiger partial charge in [0.2, 0.25) is 5.91 Å². The quantitative estimate of drug-likeness (QED) is 0.891. The number of amides is 2. The van der Waals surface area contributed by atoms with Gasteiger partial charge in [-0.2, -0.15) is 0 Å². The first-order valence-electron chi connectivity index (χ1n) is 8.88. The largest absolute Gasteiger partial charge is 0.356 e. The Morgan fingerprint density at radius 3 is 2.96 bits per heavy atom. The zero-order valence-corrected chi connectivity index (χ0v) is 14.7. The number of rotatable bonds is 5. The molecule has 0 aliphatic carbocycles. The maximum absolute atomic E-state index is 13.9. The molecule has 0 radical (unpaired) electrons. The van der Waals surface area contributed by atoms with Crippen molar-refractivity contribution < 1.29 is 18.5 Å². The van der Waals surface area contributed by atoms with Crippen LogP contribution in [0, 0.1) is 11.7 Å². The molecule has 2 amide bonds. The number of likely N-dealkylation sites (tertiary alicyclic amines) is 1. The summed E-state index contributed by atoms with van der Waals surface area (Å²) in [6.07, 6.45) is 2.39. The predicted octanol–water partition coefficient (Wildman–Crippen LogP) is 2.86. The minimum absolute atomic E-state index is 0.0171. The molecule has 0 spiro atoms. The molecule has 1 aliphatic heterocycles. The van der Waals surface area contributed by atoms with E-state index in [1.54, 1.807) is 23.1 Å². The molecular weight excluding hydrogens is 337 g/mol. The molecule has 6 nitrogen and oxygen atoms in total. The van der Waals surface area contributed by atoms with Crippen LogP contribution in [0.15, 0.2) is 34.9 Å². The van der Waals surface area contributed by atoms with E-state index < -0.39 is 5.82 Å². The third-order valence-electron chi connectivity index (χ3n) is 4.50. The van der Waals surface area contributed by atoms with Crippen molar-refractivity contribution in [3.63, 3.8) is 0 Å². The topological polar surface area (TPSA) is 75.4 Å².